The molecule has 0 N–H and O–H groups in total. The van der Waals surface area contributed by atoms with E-state index in [1.54, 1.807) is 12.1 Å². The normalized spacial score (nSPS) is 12.1. The van der Waals surface area contributed by atoms with E-state index in [0.29, 0.717) is 18.3 Å². The van der Waals surface area contributed by atoms with Gasteiger partial charge in [-0.3, -0.25) is 0 Å². The fraction of sp³-hybridized carbons (Fsp3) is 0.333. The third-order valence-electron chi connectivity index (χ3n) is 6.19. The van der Waals surface area contributed by atoms with E-state index in [2.05, 4.69) is 26.5 Å². The van der Waals surface area contributed by atoms with Crippen LogP contribution in [0.3, 0.4) is 0 Å². The molecule has 3 heteroatoms. The van der Waals surface area contributed by atoms with Crippen molar-refractivity contribution < 1.29 is 13.9 Å². The van der Waals surface area contributed by atoms with Crippen LogP contribution in [0.25, 0.3) is 28.3 Å². The van der Waals surface area contributed by atoms with Gasteiger partial charge in [-0.2, -0.15) is 0 Å². The highest BCUT2D eigenvalue weighted by Gasteiger charge is 2.07. The molecule has 3 rings (SSSR count). The van der Waals surface area contributed by atoms with Crippen LogP contribution in [-0.2, 0) is 4.74 Å². The maximum atomic E-state index is 14.9. The zero-order chi connectivity index (χ0) is 25.6. The van der Waals surface area contributed by atoms with Crippen molar-refractivity contribution >= 4 is 6.08 Å². The van der Waals surface area contributed by atoms with E-state index in [1.807, 2.05) is 66.7 Å². The Morgan fingerprint density at radius 1 is 0.889 bits per heavy atom. The van der Waals surface area contributed by atoms with Crippen molar-refractivity contribution in [1.82, 2.24) is 0 Å². The molecule has 0 amide bonds. The Morgan fingerprint density at radius 2 is 1.58 bits per heavy atom. The summed E-state index contributed by atoms with van der Waals surface area (Å²) < 4.78 is 26.3. The fourth-order valence-electron chi connectivity index (χ4n) is 4.07. The summed E-state index contributed by atoms with van der Waals surface area (Å²) in [6.45, 7) is 9.36. The van der Waals surface area contributed by atoms with Crippen molar-refractivity contribution in [2.75, 3.05) is 13.2 Å². The SMILES string of the molecule is C=CCOc1ccc(-c2ccc(-c3ccc(C=CCCCC(C)OCCCCC)cc3F)cc2)cc1. The maximum absolute atomic E-state index is 14.9. The summed E-state index contributed by atoms with van der Waals surface area (Å²) in [6, 6.07) is 21.4. The minimum Gasteiger partial charge on any atom is -0.490 e. The Bertz CT molecular complexity index is 1080. The predicted octanol–water partition coefficient (Wildman–Crippen LogP) is 9.50. The van der Waals surface area contributed by atoms with Crippen LogP contribution in [0.4, 0.5) is 4.39 Å². The summed E-state index contributed by atoms with van der Waals surface area (Å²) in [7, 11) is 0. The van der Waals surface area contributed by atoms with Gasteiger partial charge in [-0.15, -0.1) is 0 Å². The first kappa shape index (κ1) is 27.4. The molecular formula is C33H39FO2. The van der Waals surface area contributed by atoms with E-state index in [9.17, 15) is 4.39 Å². The predicted molar refractivity (Wildman–Crippen MR) is 151 cm³/mol. The molecule has 0 aromatic heterocycles. The lowest BCUT2D eigenvalue weighted by Crippen LogP contribution is -2.08. The van der Waals surface area contributed by atoms with Crippen LogP contribution in [0, 0.1) is 5.82 Å². The van der Waals surface area contributed by atoms with Crippen molar-refractivity contribution in [3.63, 3.8) is 0 Å². The van der Waals surface area contributed by atoms with E-state index < -0.39 is 0 Å². The molecule has 0 radical (unpaired) electrons. The monoisotopic (exact) mass is 486 g/mol. The van der Waals surface area contributed by atoms with Crippen molar-refractivity contribution in [1.29, 1.82) is 0 Å². The first-order chi connectivity index (χ1) is 17.6. The molecule has 190 valence electrons. The second-order valence-corrected chi connectivity index (χ2v) is 9.16. The second-order valence-electron chi connectivity index (χ2n) is 9.16. The van der Waals surface area contributed by atoms with Gasteiger partial charge in [0, 0.05) is 12.2 Å². The second kappa shape index (κ2) is 15.1. The molecule has 0 saturated carbocycles. The van der Waals surface area contributed by atoms with E-state index in [0.717, 1.165) is 60.3 Å². The molecule has 0 saturated heterocycles. The molecule has 0 fully saturated rings. The summed E-state index contributed by atoms with van der Waals surface area (Å²) in [6.07, 6.45) is 12.8. The molecule has 1 unspecified atom stereocenters. The largest absolute Gasteiger partial charge is 0.490 e. The van der Waals surface area contributed by atoms with E-state index in [1.165, 1.54) is 12.8 Å². The van der Waals surface area contributed by atoms with Gasteiger partial charge in [0.25, 0.3) is 0 Å². The number of halogens is 1. The van der Waals surface area contributed by atoms with Gasteiger partial charge >= 0.3 is 0 Å². The smallest absolute Gasteiger partial charge is 0.131 e. The van der Waals surface area contributed by atoms with Gasteiger partial charge in [0.2, 0.25) is 0 Å². The third kappa shape index (κ3) is 8.80. The van der Waals surface area contributed by atoms with Gasteiger partial charge in [-0.1, -0.05) is 93.1 Å². The molecule has 0 aliphatic rings. The van der Waals surface area contributed by atoms with Crippen molar-refractivity contribution in [3.05, 3.63) is 96.8 Å². The average Bonchev–Trinajstić information content (AvgIpc) is 2.90. The number of rotatable bonds is 15. The number of hydrogen-bond acceptors (Lipinski definition) is 2. The average molecular weight is 487 g/mol. The zero-order valence-electron chi connectivity index (χ0n) is 21.7. The van der Waals surface area contributed by atoms with Crippen LogP contribution < -0.4 is 4.74 Å². The number of allylic oxidation sites excluding steroid dienone is 1. The topological polar surface area (TPSA) is 18.5 Å². The van der Waals surface area contributed by atoms with Crippen LogP contribution in [0.2, 0.25) is 0 Å². The summed E-state index contributed by atoms with van der Waals surface area (Å²) in [5, 5.41) is 0. The van der Waals surface area contributed by atoms with Gasteiger partial charge in [0.1, 0.15) is 18.2 Å². The molecule has 0 aliphatic heterocycles. The molecule has 1 atom stereocenters. The number of hydrogen-bond donors (Lipinski definition) is 0. The number of ether oxygens (including phenoxy) is 2. The fourth-order valence-corrected chi connectivity index (χ4v) is 4.07. The van der Waals surface area contributed by atoms with Crippen LogP contribution >= 0.6 is 0 Å². The van der Waals surface area contributed by atoms with E-state index in [-0.39, 0.29) is 5.82 Å². The molecular weight excluding hydrogens is 447 g/mol. The minimum absolute atomic E-state index is 0.206. The lowest BCUT2D eigenvalue weighted by Gasteiger charge is -2.12. The summed E-state index contributed by atoms with van der Waals surface area (Å²) in [5.41, 5.74) is 4.53. The Hall–Kier alpha value is -3.17. The number of unbranched alkanes of at least 4 members (excludes halogenated alkanes) is 3. The quantitative estimate of drug-likeness (QED) is 0.157. The van der Waals surface area contributed by atoms with Crippen LogP contribution in [0.1, 0.15) is 57.9 Å². The molecule has 0 spiro atoms. The van der Waals surface area contributed by atoms with Gasteiger partial charge in [0.05, 0.1) is 6.10 Å². The number of benzene rings is 3. The summed E-state index contributed by atoms with van der Waals surface area (Å²) >= 11 is 0. The van der Waals surface area contributed by atoms with Crippen LogP contribution in [0.15, 0.2) is 85.5 Å². The summed E-state index contributed by atoms with van der Waals surface area (Å²) in [5.74, 6) is 0.607. The van der Waals surface area contributed by atoms with Crippen molar-refractivity contribution in [2.24, 2.45) is 0 Å². The molecule has 2 nitrogen and oxygen atoms in total. The molecule has 3 aromatic carbocycles. The molecule has 3 aromatic rings. The minimum atomic E-state index is -0.206. The van der Waals surface area contributed by atoms with Gasteiger partial charge in [-0.25, -0.2) is 4.39 Å². The molecule has 0 aliphatic carbocycles. The highest BCUT2D eigenvalue weighted by Crippen LogP contribution is 2.28. The maximum Gasteiger partial charge on any atom is 0.131 e. The highest BCUT2D eigenvalue weighted by molar-refractivity contribution is 5.72. The Labute approximate surface area is 216 Å². The Morgan fingerprint density at radius 3 is 2.25 bits per heavy atom. The Kier molecular flexibility index (Phi) is 11.5. The van der Waals surface area contributed by atoms with E-state index >= 15 is 0 Å². The first-order valence-corrected chi connectivity index (χ1v) is 13.1. The van der Waals surface area contributed by atoms with Gasteiger partial charge < -0.3 is 9.47 Å². The standard InChI is InChI=1S/C33H39FO2/c1-4-6-10-24-35-26(3)11-8-7-9-12-27-13-22-32(33(34)25-27)30-16-14-28(15-17-30)29-18-20-31(21-19-29)36-23-5-2/h5,9,12-22,25-26H,2,4,6-8,10-11,23-24H2,1,3H3. The van der Waals surface area contributed by atoms with Crippen LogP contribution in [0.5, 0.6) is 5.75 Å². The van der Waals surface area contributed by atoms with Crippen LogP contribution in [-0.4, -0.2) is 19.3 Å². The highest BCUT2D eigenvalue weighted by atomic mass is 19.1. The first-order valence-electron chi connectivity index (χ1n) is 13.1. The lowest BCUT2D eigenvalue weighted by atomic mass is 9.99. The lowest BCUT2D eigenvalue weighted by molar-refractivity contribution is 0.0566. The van der Waals surface area contributed by atoms with E-state index in [4.69, 9.17) is 9.47 Å². The van der Waals surface area contributed by atoms with Crippen molar-refractivity contribution in [3.8, 4) is 28.0 Å². The van der Waals surface area contributed by atoms with Gasteiger partial charge in [-0.05, 0) is 73.1 Å². The third-order valence-corrected chi connectivity index (χ3v) is 6.19. The zero-order valence-corrected chi connectivity index (χ0v) is 21.7. The summed E-state index contributed by atoms with van der Waals surface area (Å²) in [4.78, 5) is 0. The molecule has 0 bridgehead atoms. The van der Waals surface area contributed by atoms with Crippen molar-refractivity contribution in [2.45, 2.75) is 58.5 Å². The van der Waals surface area contributed by atoms with Gasteiger partial charge in [0.15, 0.2) is 0 Å². The molecule has 36 heavy (non-hydrogen) atoms. The Balaban J connectivity index is 1.51. The molecule has 0 heterocycles.